The van der Waals surface area contributed by atoms with E-state index in [4.69, 9.17) is 10.7 Å². The number of nitrogens with one attached hydrogen (secondary N) is 2. The Morgan fingerprint density at radius 1 is 1.12 bits per heavy atom. The first kappa shape index (κ1) is 22.5. The third-order valence-electron chi connectivity index (χ3n) is 5.62. The number of hydrogen-bond donors (Lipinski definition) is 3. The van der Waals surface area contributed by atoms with Gasteiger partial charge in [0.15, 0.2) is 5.82 Å². The minimum Gasteiger partial charge on any atom is -0.382 e. The van der Waals surface area contributed by atoms with E-state index in [0.717, 1.165) is 66.4 Å². The summed E-state index contributed by atoms with van der Waals surface area (Å²) in [7, 11) is 0. The minimum atomic E-state index is -0.386. The first-order valence-electron chi connectivity index (χ1n) is 11.4. The number of nitrogen functional groups attached to an aromatic ring is 1. The molecule has 0 saturated carbocycles. The number of imidazole rings is 1. The second-order valence-corrected chi connectivity index (χ2v) is 8.09. The quantitative estimate of drug-likeness (QED) is 0.282. The molecule has 4 aromatic rings. The van der Waals surface area contributed by atoms with Crippen molar-refractivity contribution in [2.75, 3.05) is 17.6 Å². The molecule has 0 aliphatic heterocycles. The number of benzene rings is 2. The fourth-order valence-electron chi connectivity index (χ4n) is 4.01. The molecule has 0 atom stereocenters. The maximum absolute atomic E-state index is 13.3. The predicted octanol–water partition coefficient (Wildman–Crippen LogP) is 5.74. The maximum atomic E-state index is 13.3. The lowest BCUT2D eigenvalue weighted by Gasteiger charge is -2.12. The number of unbranched alkanes of at least 4 members (excludes halogenated alkanes) is 2. The number of amides is 2. The monoisotopic (exact) mass is 452 g/mol. The number of aryl methyl sites for hydroxylation is 2. The van der Waals surface area contributed by atoms with E-state index in [-0.39, 0.29) is 14.7 Å². The average molecular weight is 453 g/mol. The van der Waals surface area contributed by atoms with Gasteiger partial charge in [0.1, 0.15) is 17.2 Å². The molecule has 176 valence electrons. The van der Waals surface area contributed by atoms with Crippen LogP contribution < -0.4 is 16.4 Å². The van der Waals surface area contributed by atoms with Crippen molar-refractivity contribution in [1.29, 1.82) is 0 Å². The molecule has 2 amide bonds. The fraction of sp³-hybridized carbons (Fsp3) is 0.320. The largest absolute Gasteiger partial charge is 0.382 e. The summed E-state index contributed by atoms with van der Waals surface area (Å²) in [5, 5.41) is 6.52. The Bertz CT molecular complexity index is 1280. The smallest absolute Gasteiger partial charge is 0.319 e. The highest BCUT2D eigenvalue weighted by Gasteiger charge is 2.16. The zero-order valence-corrected chi connectivity index (χ0v) is 18.8. The molecule has 0 spiro atoms. The van der Waals surface area contributed by atoms with Gasteiger partial charge in [0.05, 0.1) is 11.0 Å². The summed E-state index contributed by atoms with van der Waals surface area (Å²) in [5.74, 6) is 1.09. The van der Waals surface area contributed by atoms with Gasteiger partial charge in [-0.3, -0.25) is 0 Å². The summed E-state index contributed by atoms with van der Waals surface area (Å²) in [5.41, 5.74) is 9.33. The second-order valence-electron chi connectivity index (χ2n) is 8.09. The zero-order valence-electron chi connectivity index (χ0n) is 18.8. The van der Waals surface area contributed by atoms with E-state index < -0.39 is 0 Å². The Hall–Kier alpha value is -3.68. The van der Waals surface area contributed by atoms with Gasteiger partial charge in [0.2, 0.25) is 0 Å². The third-order valence-corrected chi connectivity index (χ3v) is 5.62. The Morgan fingerprint density at radius 3 is 2.79 bits per heavy atom. The maximum Gasteiger partial charge on any atom is 0.319 e. The van der Waals surface area contributed by atoms with Gasteiger partial charge in [-0.05, 0) is 43.5 Å². The highest BCUT2D eigenvalue weighted by atomic mass is 19.1. The number of rotatable bonds is 9. The molecule has 8 heteroatoms. The number of anilines is 2. The number of para-hydroxylation sites is 1. The summed E-state index contributed by atoms with van der Waals surface area (Å²) in [6, 6.07) is 13.5. The van der Waals surface area contributed by atoms with Crippen LogP contribution >= 0.6 is 0 Å². The van der Waals surface area contributed by atoms with Crippen molar-refractivity contribution in [2.24, 2.45) is 0 Å². The van der Waals surface area contributed by atoms with Gasteiger partial charge in [-0.2, -0.15) is 0 Å². The highest BCUT2D eigenvalue weighted by molar-refractivity contribution is 6.06. The van der Waals surface area contributed by atoms with Crippen molar-refractivity contribution in [2.45, 2.75) is 45.6 Å². The van der Waals surface area contributed by atoms with Crippen molar-refractivity contribution in [1.82, 2.24) is 19.9 Å². The van der Waals surface area contributed by atoms with E-state index >= 15 is 0 Å². The number of nitrogens with zero attached hydrogens (tertiary/aromatic N) is 3. The summed E-state index contributed by atoms with van der Waals surface area (Å²) >= 11 is 0. The highest BCUT2D eigenvalue weighted by Crippen LogP contribution is 2.29. The number of aromatic nitrogens is 3. The Balaban J connectivity index is 0.00000216. The van der Waals surface area contributed by atoms with Crippen LogP contribution in [0.5, 0.6) is 0 Å². The number of carbonyl (C=O) groups is 1. The van der Waals surface area contributed by atoms with Crippen molar-refractivity contribution in [3.63, 3.8) is 0 Å². The van der Waals surface area contributed by atoms with Crippen LogP contribution in [0.2, 0.25) is 0 Å². The number of pyridine rings is 1. The number of hydrogen-bond acceptors (Lipinski definition) is 4. The first-order valence-corrected chi connectivity index (χ1v) is 11.4. The van der Waals surface area contributed by atoms with Gasteiger partial charge in [-0.15, -0.1) is 0 Å². The van der Waals surface area contributed by atoms with Crippen LogP contribution in [0.3, 0.4) is 0 Å². The van der Waals surface area contributed by atoms with Gasteiger partial charge in [0, 0.05) is 33.4 Å². The fourth-order valence-corrected chi connectivity index (χ4v) is 4.01. The van der Waals surface area contributed by atoms with Crippen LogP contribution in [-0.2, 0) is 13.0 Å². The number of nitrogens with two attached hydrogens (primary N) is 1. The predicted molar refractivity (Wildman–Crippen MR) is 135 cm³/mol. The molecule has 0 aliphatic carbocycles. The number of carbonyl (C=O) groups excluding carboxylic acids is 1. The number of halogens is 1. The van der Waals surface area contributed by atoms with E-state index in [1.54, 1.807) is 12.1 Å². The average Bonchev–Trinajstić information content (AvgIpc) is 3.17. The summed E-state index contributed by atoms with van der Waals surface area (Å²) in [6.07, 6.45) is 4.68. The topological polar surface area (TPSA) is 97.9 Å². The van der Waals surface area contributed by atoms with Gasteiger partial charge >= 0.3 is 6.03 Å². The van der Waals surface area contributed by atoms with Gasteiger partial charge in [-0.1, -0.05) is 37.6 Å². The van der Waals surface area contributed by atoms with Crippen molar-refractivity contribution >= 4 is 39.5 Å². The van der Waals surface area contributed by atoms with E-state index in [2.05, 4.69) is 33.2 Å². The second kappa shape index (κ2) is 10.3. The van der Waals surface area contributed by atoms with Crippen LogP contribution in [0.25, 0.3) is 21.9 Å². The molecule has 2 aromatic carbocycles. The zero-order chi connectivity index (χ0) is 23.2. The van der Waals surface area contributed by atoms with Crippen LogP contribution in [0.4, 0.5) is 20.7 Å². The van der Waals surface area contributed by atoms with Gasteiger partial charge < -0.3 is 20.9 Å². The lowest BCUT2D eigenvalue weighted by Crippen LogP contribution is -2.29. The van der Waals surface area contributed by atoms with Crippen molar-refractivity contribution in [3.8, 4) is 0 Å². The summed E-state index contributed by atoms with van der Waals surface area (Å²) in [6.45, 7) is 3.46. The number of urea groups is 1. The number of fused-ring (bicyclic) bond motifs is 3. The SMILES string of the molecule is CCCCc1nc2c(N)nc3ccccc3c2n1CCCCNC(=O)Nc1cccc(F)c1.[HH].[HH]. The Kier molecular flexibility index (Phi) is 7.02. The molecule has 33 heavy (non-hydrogen) atoms. The minimum absolute atomic E-state index is 0. The van der Waals surface area contributed by atoms with Crippen LogP contribution in [0.1, 0.15) is 41.3 Å². The van der Waals surface area contributed by atoms with Crippen LogP contribution in [0, 0.1) is 5.82 Å². The van der Waals surface area contributed by atoms with E-state index in [9.17, 15) is 9.18 Å². The van der Waals surface area contributed by atoms with E-state index in [1.807, 2.05) is 18.2 Å². The molecular formula is C25H33FN6O. The van der Waals surface area contributed by atoms with Crippen molar-refractivity contribution in [3.05, 3.63) is 60.2 Å². The van der Waals surface area contributed by atoms with E-state index in [1.165, 1.54) is 12.1 Å². The van der Waals surface area contributed by atoms with Gasteiger partial charge in [-0.25, -0.2) is 19.2 Å². The summed E-state index contributed by atoms with van der Waals surface area (Å²) in [4.78, 5) is 21.4. The molecular weight excluding hydrogens is 419 g/mol. The van der Waals surface area contributed by atoms with Gasteiger partial charge in [0.25, 0.3) is 0 Å². The van der Waals surface area contributed by atoms with Crippen molar-refractivity contribution < 1.29 is 12.0 Å². The molecule has 7 nitrogen and oxygen atoms in total. The molecule has 2 aromatic heterocycles. The molecule has 0 saturated heterocycles. The molecule has 4 N–H and O–H groups in total. The van der Waals surface area contributed by atoms with Crippen LogP contribution in [-0.4, -0.2) is 27.1 Å². The molecule has 0 fully saturated rings. The lowest BCUT2D eigenvalue weighted by molar-refractivity contribution is 0.252. The lowest BCUT2D eigenvalue weighted by atomic mass is 10.2. The molecule has 2 heterocycles. The van der Waals surface area contributed by atoms with E-state index in [0.29, 0.717) is 18.1 Å². The Morgan fingerprint density at radius 2 is 1.97 bits per heavy atom. The molecule has 0 aliphatic rings. The molecule has 0 bridgehead atoms. The van der Waals surface area contributed by atoms with Crippen LogP contribution in [0.15, 0.2) is 48.5 Å². The molecule has 0 unspecified atom stereocenters. The molecule has 4 rings (SSSR count). The first-order chi connectivity index (χ1) is 16.1. The normalized spacial score (nSPS) is 11.2. The molecule has 0 radical (unpaired) electrons. The Labute approximate surface area is 195 Å². The third kappa shape index (κ3) is 5.22. The summed E-state index contributed by atoms with van der Waals surface area (Å²) < 4.78 is 15.5. The standard InChI is InChI=1S/C25H29FN6O.2H2/c1-2-3-13-21-31-22-23(19-11-4-5-12-20(19)30-24(22)27)32(21)15-7-6-14-28-25(33)29-18-10-8-9-17(26)16-18;;/h4-5,8-12,16H,2-3,6-7,13-15H2,1H3,(H2,27,30)(H2,28,29,33);2*1H.